The maximum atomic E-state index is 11.4. The van der Waals surface area contributed by atoms with E-state index < -0.39 is 5.97 Å². The monoisotopic (exact) mass is 240 g/mol. The first-order chi connectivity index (χ1) is 7.99. The van der Waals surface area contributed by atoms with Crippen LogP contribution in [0.4, 0.5) is 0 Å². The second-order valence-electron chi connectivity index (χ2n) is 4.14. The number of carbonyl (C=O) groups is 2. The summed E-state index contributed by atoms with van der Waals surface area (Å²) in [4.78, 5) is 22.0. The van der Waals surface area contributed by atoms with Crippen LogP contribution in [0, 0.1) is 5.92 Å². The number of carboxylic acid groups (broad SMARTS) is 1. The van der Waals surface area contributed by atoms with Gasteiger partial charge in [0.1, 0.15) is 6.54 Å². The van der Waals surface area contributed by atoms with Crippen LogP contribution in [0.15, 0.2) is 6.20 Å². The van der Waals surface area contributed by atoms with Crippen LogP contribution in [-0.2, 0) is 11.3 Å². The molecule has 17 heavy (non-hydrogen) atoms. The average molecular weight is 240 g/mol. The first-order valence-electron chi connectivity index (χ1n) is 5.39. The van der Waals surface area contributed by atoms with Crippen LogP contribution < -0.4 is 5.32 Å². The number of hydrogen-bond donors (Lipinski definition) is 2. The van der Waals surface area contributed by atoms with Gasteiger partial charge in [-0.1, -0.05) is 19.1 Å². The van der Waals surface area contributed by atoms with E-state index in [0.717, 1.165) is 6.42 Å². The molecule has 0 bridgehead atoms. The van der Waals surface area contributed by atoms with E-state index in [4.69, 9.17) is 5.11 Å². The number of carbonyl (C=O) groups excluding carboxylic acids is 1. The molecular weight excluding hydrogens is 224 g/mol. The lowest BCUT2D eigenvalue weighted by Gasteiger charge is -2.06. The summed E-state index contributed by atoms with van der Waals surface area (Å²) in [6.07, 6.45) is 2.13. The van der Waals surface area contributed by atoms with E-state index >= 15 is 0 Å². The minimum absolute atomic E-state index is 0.0155. The summed E-state index contributed by atoms with van der Waals surface area (Å²) in [7, 11) is 0. The molecule has 0 radical (unpaired) electrons. The quantitative estimate of drug-likeness (QED) is 0.737. The summed E-state index contributed by atoms with van der Waals surface area (Å²) < 4.78 is 1.20. The van der Waals surface area contributed by atoms with Crippen molar-refractivity contribution in [1.82, 2.24) is 20.3 Å². The van der Waals surface area contributed by atoms with Crippen molar-refractivity contribution in [3.63, 3.8) is 0 Å². The first kappa shape index (κ1) is 13.1. The van der Waals surface area contributed by atoms with Gasteiger partial charge in [-0.15, -0.1) is 5.10 Å². The molecule has 0 spiro atoms. The van der Waals surface area contributed by atoms with E-state index in [9.17, 15) is 9.59 Å². The second-order valence-corrected chi connectivity index (χ2v) is 4.14. The van der Waals surface area contributed by atoms with E-state index in [-0.39, 0.29) is 18.1 Å². The summed E-state index contributed by atoms with van der Waals surface area (Å²) in [6.45, 7) is 4.74. The van der Waals surface area contributed by atoms with Gasteiger partial charge in [0.05, 0.1) is 6.20 Å². The molecule has 7 nitrogen and oxygen atoms in total. The molecule has 0 saturated carbocycles. The third kappa shape index (κ3) is 4.62. The summed E-state index contributed by atoms with van der Waals surface area (Å²) in [6, 6.07) is 0. The van der Waals surface area contributed by atoms with E-state index in [2.05, 4.69) is 29.5 Å². The summed E-state index contributed by atoms with van der Waals surface area (Å²) in [5.74, 6) is -0.829. The molecular formula is C10H16N4O3. The highest BCUT2D eigenvalue weighted by atomic mass is 16.4. The summed E-state index contributed by atoms with van der Waals surface area (Å²) in [5, 5.41) is 18.3. The molecule has 1 aromatic heterocycles. The Kier molecular flexibility index (Phi) is 4.62. The van der Waals surface area contributed by atoms with Crippen LogP contribution in [0.25, 0.3) is 0 Å². The number of hydrogen-bond acceptors (Lipinski definition) is 4. The van der Waals surface area contributed by atoms with Gasteiger partial charge in [-0.3, -0.25) is 4.79 Å². The van der Waals surface area contributed by atoms with Gasteiger partial charge in [-0.05, 0) is 12.3 Å². The fraction of sp³-hybridized carbons (Fsp3) is 0.600. The lowest BCUT2D eigenvalue weighted by molar-refractivity contribution is -0.121. The fourth-order valence-corrected chi connectivity index (χ4v) is 1.18. The highest BCUT2D eigenvalue weighted by Crippen LogP contribution is 1.96. The van der Waals surface area contributed by atoms with Crippen LogP contribution >= 0.6 is 0 Å². The maximum Gasteiger partial charge on any atom is 0.358 e. The van der Waals surface area contributed by atoms with E-state index in [0.29, 0.717) is 12.5 Å². The Morgan fingerprint density at radius 1 is 1.53 bits per heavy atom. The van der Waals surface area contributed by atoms with E-state index in [1.807, 2.05) is 0 Å². The number of nitrogens with one attached hydrogen (secondary N) is 1. The third-order valence-electron chi connectivity index (χ3n) is 2.11. The van der Waals surface area contributed by atoms with Crippen molar-refractivity contribution in [3.05, 3.63) is 11.9 Å². The molecule has 0 aliphatic carbocycles. The van der Waals surface area contributed by atoms with Gasteiger partial charge in [0.15, 0.2) is 5.69 Å². The van der Waals surface area contributed by atoms with Crippen molar-refractivity contribution in [3.8, 4) is 0 Å². The van der Waals surface area contributed by atoms with Crippen LogP contribution in [0.5, 0.6) is 0 Å². The maximum absolute atomic E-state index is 11.4. The molecule has 7 heteroatoms. The lowest BCUT2D eigenvalue weighted by Crippen LogP contribution is -2.29. The Morgan fingerprint density at radius 2 is 2.24 bits per heavy atom. The predicted octanol–water partition coefficient (Wildman–Crippen LogP) is 0.139. The molecule has 0 aliphatic heterocycles. The molecule has 1 heterocycles. The minimum atomic E-state index is -1.16. The van der Waals surface area contributed by atoms with Gasteiger partial charge in [0, 0.05) is 6.54 Å². The normalized spacial score (nSPS) is 10.5. The Balaban J connectivity index is 2.37. The molecule has 1 rings (SSSR count). The van der Waals surface area contributed by atoms with Crippen LogP contribution in [-0.4, -0.2) is 38.5 Å². The zero-order valence-electron chi connectivity index (χ0n) is 9.88. The van der Waals surface area contributed by atoms with Gasteiger partial charge >= 0.3 is 5.97 Å². The molecule has 0 saturated heterocycles. The lowest BCUT2D eigenvalue weighted by atomic mass is 10.1. The van der Waals surface area contributed by atoms with Gasteiger partial charge in [0.25, 0.3) is 0 Å². The van der Waals surface area contributed by atoms with Gasteiger partial charge in [-0.25, -0.2) is 9.48 Å². The molecule has 0 aromatic carbocycles. The topological polar surface area (TPSA) is 97.1 Å². The molecule has 0 aliphatic rings. The molecule has 1 amide bonds. The van der Waals surface area contributed by atoms with E-state index in [1.165, 1.54) is 10.9 Å². The van der Waals surface area contributed by atoms with Crippen molar-refractivity contribution >= 4 is 11.9 Å². The number of aromatic nitrogens is 3. The number of rotatable bonds is 6. The Morgan fingerprint density at radius 3 is 2.76 bits per heavy atom. The van der Waals surface area contributed by atoms with Gasteiger partial charge < -0.3 is 10.4 Å². The Labute approximate surface area is 98.8 Å². The van der Waals surface area contributed by atoms with Crippen molar-refractivity contribution < 1.29 is 14.7 Å². The highest BCUT2D eigenvalue weighted by Gasteiger charge is 2.10. The Bertz CT molecular complexity index is 400. The number of carboxylic acids is 1. The van der Waals surface area contributed by atoms with Gasteiger partial charge in [0.2, 0.25) is 5.91 Å². The second kappa shape index (κ2) is 5.97. The van der Waals surface area contributed by atoms with Crippen LogP contribution in [0.1, 0.15) is 30.8 Å². The SMILES string of the molecule is CC(C)CCNC(=O)Cn1cc(C(=O)O)nn1. The molecule has 0 atom stereocenters. The molecule has 2 N–H and O–H groups in total. The first-order valence-corrected chi connectivity index (χ1v) is 5.39. The van der Waals surface area contributed by atoms with Crippen molar-refractivity contribution in [2.45, 2.75) is 26.8 Å². The fourth-order valence-electron chi connectivity index (χ4n) is 1.18. The highest BCUT2D eigenvalue weighted by molar-refractivity contribution is 5.84. The molecule has 1 aromatic rings. The third-order valence-corrected chi connectivity index (χ3v) is 2.11. The Hall–Kier alpha value is -1.92. The minimum Gasteiger partial charge on any atom is -0.476 e. The summed E-state index contributed by atoms with van der Waals surface area (Å²) in [5.41, 5.74) is -0.167. The number of aromatic carboxylic acids is 1. The molecule has 0 unspecified atom stereocenters. The summed E-state index contributed by atoms with van der Waals surface area (Å²) >= 11 is 0. The van der Waals surface area contributed by atoms with Crippen molar-refractivity contribution in [1.29, 1.82) is 0 Å². The van der Waals surface area contributed by atoms with Gasteiger partial charge in [-0.2, -0.15) is 0 Å². The van der Waals surface area contributed by atoms with E-state index in [1.54, 1.807) is 0 Å². The van der Waals surface area contributed by atoms with Crippen molar-refractivity contribution in [2.24, 2.45) is 5.92 Å². The number of amides is 1. The standard InChI is InChI=1S/C10H16N4O3/c1-7(2)3-4-11-9(15)6-14-5-8(10(16)17)12-13-14/h5,7H,3-4,6H2,1-2H3,(H,11,15)(H,16,17). The zero-order valence-corrected chi connectivity index (χ0v) is 9.88. The zero-order chi connectivity index (χ0) is 12.8. The van der Waals surface area contributed by atoms with Crippen molar-refractivity contribution in [2.75, 3.05) is 6.54 Å². The molecule has 94 valence electrons. The van der Waals surface area contributed by atoms with Crippen LogP contribution in [0.3, 0.4) is 0 Å². The molecule has 0 fully saturated rings. The smallest absolute Gasteiger partial charge is 0.358 e. The van der Waals surface area contributed by atoms with Crippen LogP contribution in [0.2, 0.25) is 0 Å². The average Bonchev–Trinajstić information content (AvgIpc) is 2.65. The largest absolute Gasteiger partial charge is 0.476 e. The number of nitrogens with zero attached hydrogens (tertiary/aromatic N) is 3. The predicted molar refractivity (Wildman–Crippen MR) is 59.4 cm³/mol.